The lowest BCUT2D eigenvalue weighted by Crippen LogP contribution is -2.43. The first-order chi connectivity index (χ1) is 10.1. The highest BCUT2D eigenvalue weighted by molar-refractivity contribution is 5.24. The minimum absolute atomic E-state index is 0.228. The summed E-state index contributed by atoms with van der Waals surface area (Å²) in [5.41, 5.74) is 0.688. The van der Waals surface area contributed by atoms with Crippen LogP contribution in [0.2, 0.25) is 0 Å². The first kappa shape index (κ1) is 13.6. The lowest BCUT2D eigenvalue weighted by atomic mass is 9.96. The molecule has 2 unspecified atom stereocenters. The van der Waals surface area contributed by atoms with Crippen molar-refractivity contribution in [2.45, 2.75) is 50.3 Å². The molecule has 1 aromatic rings. The second kappa shape index (κ2) is 5.03. The predicted octanol–water partition coefficient (Wildman–Crippen LogP) is 3.32. The molecule has 0 amide bonds. The summed E-state index contributed by atoms with van der Waals surface area (Å²) >= 11 is 0. The van der Waals surface area contributed by atoms with Crippen molar-refractivity contribution in [1.29, 1.82) is 0 Å². The number of rotatable bonds is 2. The van der Waals surface area contributed by atoms with Crippen molar-refractivity contribution in [3.8, 4) is 0 Å². The fourth-order valence-corrected chi connectivity index (χ4v) is 4.53. The molecule has 3 fully saturated rings. The lowest BCUT2D eigenvalue weighted by molar-refractivity contribution is 0.0116. The van der Waals surface area contributed by atoms with E-state index in [1.165, 1.54) is 6.07 Å². The molecule has 2 saturated heterocycles. The number of likely N-dealkylation sites (tertiary alicyclic amines) is 1. The molecular formula is C17H21F2NO. The summed E-state index contributed by atoms with van der Waals surface area (Å²) in [5.74, 6) is -0.0357. The second-order valence-corrected chi connectivity index (χ2v) is 6.82. The van der Waals surface area contributed by atoms with E-state index in [-0.39, 0.29) is 11.7 Å². The van der Waals surface area contributed by atoms with Gasteiger partial charge in [-0.3, -0.25) is 4.90 Å². The average Bonchev–Trinajstić information content (AvgIpc) is 3.14. The molecule has 1 aromatic carbocycles. The van der Waals surface area contributed by atoms with Gasteiger partial charge < -0.3 is 4.74 Å². The highest BCUT2D eigenvalue weighted by Crippen LogP contribution is 2.43. The Labute approximate surface area is 124 Å². The van der Waals surface area contributed by atoms with Gasteiger partial charge in [-0.1, -0.05) is 13.0 Å². The van der Waals surface area contributed by atoms with Crippen LogP contribution in [0.5, 0.6) is 0 Å². The summed E-state index contributed by atoms with van der Waals surface area (Å²) in [4.78, 5) is 2.58. The largest absolute Gasteiger partial charge is 0.375 e. The van der Waals surface area contributed by atoms with Gasteiger partial charge in [-0.25, -0.2) is 8.78 Å². The van der Waals surface area contributed by atoms with E-state index in [9.17, 15) is 8.78 Å². The summed E-state index contributed by atoms with van der Waals surface area (Å²) in [5, 5.41) is 0. The maximum atomic E-state index is 13.9. The van der Waals surface area contributed by atoms with Gasteiger partial charge >= 0.3 is 0 Å². The smallest absolute Gasteiger partial charge is 0.129 e. The standard InChI is InChI=1S/C17H21F2NO/c1-10-16-9-21-17(10)8-20(16)13-4-2-11(6-13)14-5-3-12(18)7-15(14)19/h3,5,7,10-11,13,16-17H,2,4,6,8-9H2,1H3/t10-,11+,13?,16-,17?/m1/s1. The molecule has 4 heteroatoms. The highest BCUT2D eigenvalue weighted by atomic mass is 19.1. The van der Waals surface area contributed by atoms with Crippen molar-refractivity contribution in [3.05, 3.63) is 35.4 Å². The quantitative estimate of drug-likeness (QED) is 0.829. The Kier molecular flexibility index (Phi) is 3.27. The fraction of sp³-hybridized carbons (Fsp3) is 0.647. The summed E-state index contributed by atoms with van der Waals surface area (Å²) < 4.78 is 32.7. The number of nitrogens with zero attached hydrogens (tertiary/aromatic N) is 1. The Morgan fingerprint density at radius 3 is 2.76 bits per heavy atom. The Balaban J connectivity index is 1.48. The van der Waals surface area contributed by atoms with Crippen molar-refractivity contribution < 1.29 is 13.5 Å². The molecule has 0 aromatic heterocycles. The van der Waals surface area contributed by atoms with Gasteiger partial charge in [0.2, 0.25) is 0 Å². The van der Waals surface area contributed by atoms with Crippen LogP contribution in [0.3, 0.4) is 0 Å². The van der Waals surface area contributed by atoms with Gasteiger partial charge in [0.05, 0.1) is 12.7 Å². The minimum Gasteiger partial charge on any atom is -0.375 e. The topological polar surface area (TPSA) is 12.5 Å². The molecule has 2 aliphatic heterocycles. The summed E-state index contributed by atoms with van der Waals surface area (Å²) in [6, 6.07) is 5.08. The van der Waals surface area contributed by atoms with E-state index in [0.29, 0.717) is 29.7 Å². The number of fused-ring (bicyclic) bond motifs is 2. The molecule has 2 bridgehead atoms. The average molecular weight is 293 g/mol. The normalized spacial score (nSPS) is 39.3. The van der Waals surface area contributed by atoms with Gasteiger partial charge in [0.25, 0.3) is 0 Å². The molecule has 21 heavy (non-hydrogen) atoms. The molecule has 2 heterocycles. The summed E-state index contributed by atoms with van der Waals surface area (Å²) in [7, 11) is 0. The van der Waals surface area contributed by atoms with Crippen LogP contribution in [0.4, 0.5) is 8.78 Å². The van der Waals surface area contributed by atoms with E-state index < -0.39 is 5.82 Å². The maximum Gasteiger partial charge on any atom is 0.129 e. The molecule has 114 valence electrons. The lowest BCUT2D eigenvalue weighted by Gasteiger charge is -2.32. The van der Waals surface area contributed by atoms with Crippen LogP contribution < -0.4 is 0 Å². The van der Waals surface area contributed by atoms with Crippen molar-refractivity contribution in [1.82, 2.24) is 4.90 Å². The molecule has 1 saturated carbocycles. The Morgan fingerprint density at radius 1 is 1.24 bits per heavy atom. The van der Waals surface area contributed by atoms with E-state index in [4.69, 9.17) is 4.74 Å². The molecule has 2 nitrogen and oxygen atoms in total. The van der Waals surface area contributed by atoms with Gasteiger partial charge in [0.1, 0.15) is 11.6 Å². The molecule has 3 aliphatic rings. The van der Waals surface area contributed by atoms with E-state index >= 15 is 0 Å². The SMILES string of the molecule is C[C@H]1C2CN(C3CC[C@H](c4ccc(F)cc4F)C3)[C@@H]1CO2. The van der Waals surface area contributed by atoms with E-state index in [1.54, 1.807) is 6.07 Å². The molecule has 5 atom stereocenters. The predicted molar refractivity (Wildman–Crippen MR) is 76.1 cm³/mol. The van der Waals surface area contributed by atoms with Crippen molar-refractivity contribution in [2.75, 3.05) is 13.2 Å². The van der Waals surface area contributed by atoms with Crippen LogP contribution in [-0.2, 0) is 4.74 Å². The second-order valence-electron chi connectivity index (χ2n) is 6.82. The van der Waals surface area contributed by atoms with Crippen LogP contribution in [0.15, 0.2) is 18.2 Å². The number of halogens is 2. The van der Waals surface area contributed by atoms with Gasteiger partial charge in [-0.15, -0.1) is 0 Å². The van der Waals surface area contributed by atoms with Crippen LogP contribution in [0, 0.1) is 17.6 Å². The summed E-state index contributed by atoms with van der Waals surface area (Å²) in [6.07, 6.45) is 3.48. The molecule has 0 radical (unpaired) electrons. The van der Waals surface area contributed by atoms with E-state index in [1.807, 2.05) is 0 Å². The highest BCUT2D eigenvalue weighted by Gasteiger charge is 2.49. The molecule has 1 aliphatic carbocycles. The van der Waals surface area contributed by atoms with E-state index in [2.05, 4.69) is 11.8 Å². The molecule has 0 spiro atoms. The van der Waals surface area contributed by atoms with Crippen LogP contribution >= 0.6 is 0 Å². The van der Waals surface area contributed by atoms with Crippen LogP contribution in [-0.4, -0.2) is 36.2 Å². The fourth-order valence-electron chi connectivity index (χ4n) is 4.53. The zero-order valence-corrected chi connectivity index (χ0v) is 12.3. The van der Waals surface area contributed by atoms with Crippen molar-refractivity contribution >= 4 is 0 Å². The van der Waals surface area contributed by atoms with Gasteiger partial charge in [-0.2, -0.15) is 0 Å². The maximum absolute atomic E-state index is 13.9. The number of benzene rings is 1. The molecule has 0 N–H and O–H groups in total. The Morgan fingerprint density at radius 2 is 2.10 bits per heavy atom. The molecule has 4 rings (SSSR count). The molecular weight excluding hydrogens is 272 g/mol. The number of hydrogen-bond acceptors (Lipinski definition) is 2. The zero-order chi connectivity index (χ0) is 14.6. The van der Waals surface area contributed by atoms with Gasteiger partial charge in [0.15, 0.2) is 0 Å². The van der Waals surface area contributed by atoms with Crippen LogP contribution in [0.1, 0.15) is 37.7 Å². The zero-order valence-electron chi connectivity index (χ0n) is 12.3. The van der Waals surface area contributed by atoms with Crippen molar-refractivity contribution in [2.24, 2.45) is 5.92 Å². The van der Waals surface area contributed by atoms with Gasteiger partial charge in [-0.05, 0) is 36.8 Å². The van der Waals surface area contributed by atoms with Crippen molar-refractivity contribution in [3.63, 3.8) is 0 Å². The minimum atomic E-state index is -0.492. The third-order valence-corrected chi connectivity index (χ3v) is 5.77. The Hall–Kier alpha value is -1.00. The van der Waals surface area contributed by atoms with E-state index in [0.717, 1.165) is 38.5 Å². The number of hydrogen-bond donors (Lipinski definition) is 0. The summed E-state index contributed by atoms with van der Waals surface area (Å²) in [6.45, 7) is 4.14. The third-order valence-electron chi connectivity index (χ3n) is 5.77. The van der Waals surface area contributed by atoms with Gasteiger partial charge in [0, 0.05) is 30.6 Å². The third kappa shape index (κ3) is 2.20. The first-order valence-electron chi connectivity index (χ1n) is 7.96. The van der Waals surface area contributed by atoms with Crippen LogP contribution in [0.25, 0.3) is 0 Å². The Bertz CT molecular complexity index is 550. The monoisotopic (exact) mass is 293 g/mol. The first-order valence-corrected chi connectivity index (χ1v) is 7.96. The number of ether oxygens (including phenoxy) is 1. The number of morpholine rings is 1.